The molecule has 2 heterocycles. The molecular weight excluding hydrogens is 408 g/mol. The number of para-hydroxylation sites is 1. The Labute approximate surface area is 188 Å². The standard InChI is InChI=1S/C24H34N4O4/c1-16(2)13-20(27-24(32)28-11-7-3-4-8-12-28)22(29)26-21(23(30)31)14-17-15-25-19-10-6-5-9-18(17)19/h5-6,9-10,15-16,20-21,25H,3-4,7-8,11-14H2,1-2H3,(H,26,29)(H,27,32)(H,30,31)/t20-,21+/m0/s1. The summed E-state index contributed by atoms with van der Waals surface area (Å²) in [5, 5.41) is 16.2. The van der Waals surface area contributed by atoms with Crippen molar-refractivity contribution in [3.05, 3.63) is 36.0 Å². The van der Waals surface area contributed by atoms with E-state index >= 15 is 0 Å². The number of aromatic nitrogens is 1. The van der Waals surface area contributed by atoms with E-state index in [4.69, 9.17) is 0 Å². The predicted octanol–water partition coefficient (Wildman–Crippen LogP) is 3.28. The molecule has 1 aliphatic heterocycles. The summed E-state index contributed by atoms with van der Waals surface area (Å²) in [4.78, 5) is 42.7. The van der Waals surface area contributed by atoms with Gasteiger partial charge in [-0.15, -0.1) is 0 Å². The molecule has 3 amide bonds. The molecule has 0 radical (unpaired) electrons. The molecule has 174 valence electrons. The molecule has 8 heteroatoms. The number of aromatic amines is 1. The number of hydrogen-bond acceptors (Lipinski definition) is 3. The SMILES string of the molecule is CC(C)C[C@H](NC(=O)N1CCCCCC1)C(=O)N[C@H](Cc1c[nH]c2ccccc12)C(=O)O. The Bertz CT molecular complexity index is 931. The average molecular weight is 443 g/mol. The van der Waals surface area contributed by atoms with Crippen molar-refractivity contribution in [1.82, 2.24) is 20.5 Å². The molecule has 1 fully saturated rings. The van der Waals surface area contributed by atoms with Gasteiger partial charge >= 0.3 is 12.0 Å². The maximum absolute atomic E-state index is 13.1. The summed E-state index contributed by atoms with van der Waals surface area (Å²) in [5.41, 5.74) is 1.74. The van der Waals surface area contributed by atoms with Crippen molar-refractivity contribution in [3.63, 3.8) is 0 Å². The Morgan fingerprint density at radius 3 is 2.38 bits per heavy atom. The van der Waals surface area contributed by atoms with Crippen LogP contribution in [0.15, 0.2) is 30.5 Å². The lowest BCUT2D eigenvalue weighted by Gasteiger charge is -2.27. The van der Waals surface area contributed by atoms with Crippen molar-refractivity contribution in [1.29, 1.82) is 0 Å². The number of carboxylic acid groups (broad SMARTS) is 1. The number of likely N-dealkylation sites (tertiary alicyclic amines) is 1. The maximum atomic E-state index is 13.1. The van der Waals surface area contributed by atoms with Gasteiger partial charge in [0.05, 0.1) is 0 Å². The topological polar surface area (TPSA) is 115 Å². The van der Waals surface area contributed by atoms with Crippen LogP contribution in [0.5, 0.6) is 0 Å². The fraction of sp³-hybridized carbons (Fsp3) is 0.542. The number of amides is 3. The number of carboxylic acids is 1. The summed E-state index contributed by atoms with van der Waals surface area (Å²) in [5.74, 6) is -1.41. The smallest absolute Gasteiger partial charge is 0.326 e. The van der Waals surface area contributed by atoms with Crippen LogP contribution in [0, 0.1) is 5.92 Å². The highest BCUT2D eigenvalue weighted by Gasteiger charge is 2.29. The number of nitrogens with one attached hydrogen (secondary N) is 3. The minimum absolute atomic E-state index is 0.152. The second kappa shape index (κ2) is 11.0. The number of rotatable bonds is 8. The highest BCUT2D eigenvalue weighted by Crippen LogP contribution is 2.19. The third-order valence-electron chi connectivity index (χ3n) is 5.93. The molecule has 0 unspecified atom stereocenters. The van der Waals surface area contributed by atoms with Gasteiger partial charge in [-0.25, -0.2) is 9.59 Å². The van der Waals surface area contributed by atoms with E-state index in [9.17, 15) is 19.5 Å². The highest BCUT2D eigenvalue weighted by atomic mass is 16.4. The van der Waals surface area contributed by atoms with Crippen LogP contribution in [0.25, 0.3) is 10.9 Å². The van der Waals surface area contributed by atoms with Gasteiger partial charge in [0.25, 0.3) is 0 Å². The van der Waals surface area contributed by atoms with Crippen LogP contribution in [-0.2, 0) is 16.0 Å². The minimum Gasteiger partial charge on any atom is -0.480 e. The zero-order chi connectivity index (χ0) is 23.1. The maximum Gasteiger partial charge on any atom is 0.326 e. The van der Waals surface area contributed by atoms with Gasteiger partial charge in [-0.1, -0.05) is 44.9 Å². The first kappa shape index (κ1) is 23.6. The number of benzene rings is 1. The van der Waals surface area contributed by atoms with Crippen LogP contribution in [0.4, 0.5) is 4.79 Å². The first-order valence-corrected chi connectivity index (χ1v) is 11.5. The van der Waals surface area contributed by atoms with Gasteiger partial charge < -0.3 is 25.6 Å². The van der Waals surface area contributed by atoms with Gasteiger partial charge in [-0.2, -0.15) is 0 Å². The lowest BCUT2D eigenvalue weighted by molar-refractivity contribution is -0.142. The molecular formula is C24H34N4O4. The Morgan fingerprint density at radius 1 is 1.03 bits per heavy atom. The molecule has 2 aromatic rings. The average Bonchev–Trinajstić information content (AvgIpc) is 2.96. The third-order valence-corrected chi connectivity index (χ3v) is 5.93. The minimum atomic E-state index is -1.11. The van der Waals surface area contributed by atoms with Crippen molar-refractivity contribution in [3.8, 4) is 0 Å². The van der Waals surface area contributed by atoms with E-state index < -0.39 is 24.0 Å². The van der Waals surface area contributed by atoms with E-state index in [0.29, 0.717) is 19.5 Å². The molecule has 2 atom stereocenters. The van der Waals surface area contributed by atoms with Crippen LogP contribution < -0.4 is 10.6 Å². The van der Waals surface area contributed by atoms with Gasteiger partial charge in [0.15, 0.2) is 0 Å². The Balaban J connectivity index is 1.69. The van der Waals surface area contributed by atoms with Crippen molar-refractivity contribution < 1.29 is 19.5 Å². The van der Waals surface area contributed by atoms with Crippen molar-refractivity contribution in [2.45, 2.75) is 64.5 Å². The Morgan fingerprint density at radius 2 is 1.72 bits per heavy atom. The molecule has 8 nitrogen and oxygen atoms in total. The molecule has 1 saturated heterocycles. The number of aliphatic carboxylic acids is 1. The number of H-pyrrole nitrogens is 1. The predicted molar refractivity (Wildman–Crippen MR) is 123 cm³/mol. The zero-order valence-corrected chi connectivity index (χ0v) is 18.9. The number of fused-ring (bicyclic) bond motifs is 1. The van der Waals surface area contributed by atoms with Gasteiger partial charge in [0.1, 0.15) is 12.1 Å². The van der Waals surface area contributed by atoms with E-state index in [1.165, 1.54) is 0 Å². The summed E-state index contributed by atoms with van der Waals surface area (Å²) in [7, 11) is 0. The lowest BCUT2D eigenvalue weighted by Crippen LogP contribution is -2.55. The van der Waals surface area contributed by atoms with Gasteiger partial charge in [-0.3, -0.25) is 4.79 Å². The van der Waals surface area contributed by atoms with E-state index in [0.717, 1.165) is 42.1 Å². The van der Waals surface area contributed by atoms with Gasteiger partial charge in [0.2, 0.25) is 5.91 Å². The number of carbonyl (C=O) groups is 3. The quantitative estimate of drug-likeness (QED) is 0.502. The monoisotopic (exact) mass is 442 g/mol. The highest BCUT2D eigenvalue weighted by molar-refractivity contribution is 5.91. The molecule has 0 spiro atoms. The summed E-state index contributed by atoms with van der Waals surface area (Å²) in [6, 6.07) is 5.51. The Hall–Kier alpha value is -3.03. The van der Waals surface area contributed by atoms with Crippen LogP contribution in [0.2, 0.25) is 0 Å². The van der Waals surface area contributed by atoms with Crippen LogP contribution in [0.3, 0.4) is 0 Å². The Kier molecular flexibility index (Phi) is 8.14. The molecule has 0 saturated carbocycles. The van der Waals surface area contributed by atoms with Gasteiger partial charge in [0, 0.05) is 36.6 Å². The molecule has 0 bridgehead atoms. The molecule has 3 rings (SSSR count). The molecule has 32 heavy (non-hydrogen) atoms. The summed E-state index contributed by atoms with van der Waals surface area (Å²) >= 11 is 0. The number of hydrogen-bond donors (Lipinski definition) is 4. The van der Waals surface area contributed by atoms with Crippen LogP contribution in [-0.4, -0.2) is 58.1 Å². The van der Waals surface area contributed by atoms with Crippen molar-refractivity contribution in [2.24, 2.45) is 5.92 Å². The fourth-order valence-electron chi connectivity index (χ4n) is 4.21. The molecule has 1 aromatic heterocycles. The largest absolute Gasteiger partial charge is 0.480 e. The van der Waals surface area contributed by atoms with E-state index in [1.807, 2.05) is 38.1 Å². The van der Waals surface area contributed by atoms with Crippen LogP contribution >= 0.6 is 0 Å². The fourth-order valence-corrected chi connectivity index (χ4v) is 4.21. The molecule has 0 aliphatic carbocycles. The second-order valence-electron chi connectivity index (χ2n) is 9.00. The van der Waals surface area contributed by atoms with E-state index in [-0.39, 0.29) is 18.4 Å². The van der Waals surface area contributed by atoms with Crippen molar-refractivity contribution >= 4 is 28.8 Å². The van der Waals surface area contributed by atoms with Crippen molar-refractivity contribution in [2.75, 3.05) is 13.1 Å². The summed E-state index contributed by atoms with van der Waals surface area (Å²) in [6.07, 6.45) is 6.49. The van der Waals surface area contributed by atoms with E-state index in [1.54, 1.807) is 11.1 Å². The molecule has 1 aromatic carbocycles. The number of carbonyl (C=O) groups excluding carboxylic acids is 2. The zero-order valence-electron chi connectivity index (χ0n) is 18.9. The first-order chi connectivity index (χ1) is 15.3. The summed E-state index contributed by atoms with van der Waals surface area (Å²) in [6.45, 7) is 5.30. The molecule has 4 N–H and O–H groups in total. The third kappa shape index (κ3) is 6.24. The first-order valence-electron chi connectivity index (χ1n) is 11.5. The molecule has 1 aliphatic rings. The number of urea groups is 1. The lowest BCUT2D eigenvalue weighted by atomic mass is 10.0. The normalized spacial score (nSPS) is 16.4. The van der Waals surface area contributed by atoms with Crippen LogP contribution in [0.1, 0.15) is 51.5 Å². The second-order valence-corrected chi connectivity index (χ2v) is 9.00. The summed E-state index contributed by atoms with van der Waals surface area (Å²) < 4.78 is 0. The van der Waals surface area contributed by atoms with Gasteiger partial charge in [-0.05, 0) is 36.8 Å². The van der Waals surface area contributed by atoms with E-state index in [2.05, 4.69) is 15.6 Å². The number of nitrogens with zero attached hydrogens (tertiary/aromatic N) is 1.